The average Bonchev–Trinajstić information content (AvgIpc) is 2.56. The van der Waals surface area contributed by atoms with Gasteiger partial charge in [0, 0.05) is 23.4 Å². The summed E-state index contributed by atoms with van der Waals surface area (Å²) in [4.78, 5) is 13.0. The van der Waals surface area contributed by atoms with Gasteiger partial charge in [0.1, 0.15) is 22.8 Å². The Balaban J connectivity index is 2.60. The number of hydrogen-bond acceptors (Lipinski definition) is 5. The summed E-state index contributed by atoms with van der Waals surface area (Å²) in [6, 6.07) is 10.4. The SMILES string of the molecule is CCOc1cc(OCC)c(C(=O)c2ccccc2N)c(OCC)c1. The maximum atomic E-state index is 13.0. The molecule has 0 saturated heterocycles. The molecule has 0 spiro atoms. The molecule has 0 aliphatic heterocycles. The van der Waals surface area contributed by atoms with Gasteiger partial charge in [-0.15, -0.1) is 0 Å². The number of benzene rings is 2. The largest absolute Gasteiger partial charge is 0.494 e. The lowest BCUT2D eigenvalue weighted by molar-refractivity contribution is 0.103. The summed E-state index contributed by atoms with van der Waals surface area (Å²) in [6.45, 7) is 6.97. The van der Waals surface area contributed by atoms with E-state index in [1.807, 2.05) is 20.8 Å². The molecule has 2 aromatic carbocycles. The molecular weight excluding hydrogens is 306 g/mol. The Morgan fingerprint density at radius 2 is 1.46 bits per heavy atom. The molecule has 0 aliphatic rings. The van der Waals surface area contributed by atoms with Crippen molar-refractivity contribution in [2.24, 2.45) is 0 Å². The number of rotatable bonds is 8. The first kappa shape index (κ1) is 17.7. The molecule has 2 aromatic rings. The minimum atomic E-state index is -0.233. The Bertz CT molecular complexity index is 685. The van der Waals surface area contributed by atoms with Crippen molar-refractivity contribution in [1.29, 1.82) is 0 Å². The molecule has 0 amide bonds. The third-order valence-electron chi connectivity index (χ3n) is 3.38. The normalized spacial score (nSPS) is 10.3. The van der Waals surface area contributed by atoms with Crippen LogP contribution in [0.1, 0.15) is 36.7 Å². The molecule has 24 heavy (non-hydrogen) atoms. The number of para-hydroxylation sites is 1. The van der Waals surface area contributed by atoms with Gasteiger partial charge in [-0.1, -0.05) is 12.1 Å². The van der Waals surface area contributed by atoms with Gasteiger partial charge in [0.15, 0.2) is 0 Å². The summed E-state index contributed by atoms with van der Waals surface area (Å²) in [6.07, 6.45) is 0. The first-order valence-corrected chi connectivity index (χ1v) is 8.07. The van der Waals surface area contributed by atoms with Crippen LogP contribution in [-0.2, 0) is 0 Å². The van der Waals surface area contributed by atoms with E-state index in [2.05, 4.69) is 0 Å². The van der Waals surface area contributed by atoms with E-state index in [-0.39, 0.29) is 5.78 Å². The zero-order valence-corrected chi connectivity index (χ0v) is 14.3. The molecule has 0 aromatic heterocycles. The highest BCUT2D eigenvalue weighted by Crippen LogP contribution is 2.37. The number of ketones is 1. The van der Waals surface area contributed by atoms with E-state index in [4.69, 9.17) is 19.9 Å². The Labute approximate surface area is 142 Å². The summed E-state index contributed by atoms with van der Waals surface area (Å²) >= 11 is 0. The van der Waals surface area contributed by atoms with Crippen molar-refractivity contribution in [3.05, 3.63) is 47.5 Å². The summed E-state index contributed by atoms with van der Waals surface area (Å²) in [5.41, 5.74) is 7.16. The number of carbonyl (C=O) groups is 1. The van der Waals surface area contributed by atoms with E-state index in [0.717, 1.165) is 0 Å². The van der Waals surface area contributed by atoms with Crippen molar-refractivity contribution < 1.29 is 19.0 Å². The number of ether oxygens (including phenoxy) is 3. The smallest absolute Gasteiger partial charge is 0.202 e. The van der Waals surface area contributed by atoms with Gasteiger partial charge in [0.25, 0.3) is 0 Å². The molecule has 0 atom stereocenters. The van der Waals surface area contributed by atoms with Crippen LogP contribution in [0.2, 0.25) is 0 Å². The van der Waals surface area contributed by atoms with Gasteiger partial charge in [0.2, 0.25) is 5.78 Å². The lowest BCUT2D eigenvalue weighted by Gasteiger charge is -2.17. The van der Waals surface area contributed by atoms with E-state index in [1.54, 1.807) is 36.4 Å². The van der Waals surface area contributed by atoms with Crippen LogP contribution in [0.4, 0.5) is 5.69 Å². The molecule has 0 aliphatic carbocycles. The molecule has 128 valence electrons. The molecular formula is C19H23NO4. The minimum Gasteiger partial charge on any atom is -0.494 e. The van der Waals surface area contributed by atoms with E-state index in [9.17, 15) is 4.79 Å². The maximum absolute atomic E-state index is 13.0. The maximum Gasteiger partial charge on any atom is 0.202 e. The highest BCUT2D eigenvalue weighted by atomic mass is 16.5. The summed E-state index contributed by atoms with van der Waals surface area (Å²) in [5, 5.41) is 0. The molecule has 0 radical (unpaired) electrons. The predicted molar refractivity (Wildman–Crippen MR) is 94.2 cm³/mol. The van der Waals surface area contributed by atoms with Gasteiger partial charge in [-0.3, -0.25) is 4.79 Å². The van der Waals surface area contributed by atoms with Crippen molar-refractivity contribution in [2.45, 2.75) is 20.8 Å². The van der Waals surface area contributed by atoms with E-state index in [0.29, 0.717) is 53.9 Å². The number of hydrogen-bond donors (Lipinski definition) is 1. The first-order chi connectivity index (χ1) is 11.6. The second-order valence-corrected chi connectivity index (χ2v) is 5.01. The first-order valence-electron chi connectivity index (χ1n) is 8.07. The second kappa shape index (κ2) is 8.24. The molecule has 2 N–H and O–H groups in total. The summed E-state index contributed by atoms with van der Waals surface area (Å²) < 4.78 is 16.9. The van der Waals surface area contributed by atoms with Crippen molar-refractivity contribution in [3.8, 4) is 17.2 Å². The third kappa shape index (κ3) is 3.79. The molecule has 0 unspecified atom stereocenters. The predicted octanol–water partition coefficient (Wildman–Crippen LogP) is 3.70. The van der Waals surface area contributed by atoms with Crippen molar-refractivity contribution >= 4 is 11.5 Å². The van der Waals surface area contributed by atoms with Crippen LogP contribution in [0.3, 0.4) is 0 Å². The Kier molecular flexibility index (Phi) is 6.07. The Morgan fingerprint density at radius 3 is 1.96 bits per heavy atom. The van der Waals surface area contributed by atoms with Gasteiger partial charge < -0.3 is 19.9 Å². The number of nitrogen functional groups attached to an aromatic ring is 1. The molecule has 0 bridgehead atoms. The average molecular weight is 329 g/mol. The highest BCUT2D eigenvalue weighted by molar-refractivity contribution is 6.15. The summed E-state index contributed by atoms with van der Waals surface area (Å²) in [5.74, 6) is 1.23. The molecule has 2 rings (SSSR count). The van der Waals surface area contributed by atoms with Crippen LogP contribution in [0.25, 0.3) is 0 Å². The fourth-order valence-electron chi connectivity index (χ4n) is 2.42. The Hall–Kier alpha value is -2.69. The monoisotopic (exact) mass is 329 g/mol. The standard InChI is InChI=1S/C19H23NO4/c1-4-22-13-11-16(23-5-2)18(17(12-13)24-6-3)19(21)14-9-7-8-10-15(14)20/h7-12H,4-6,20H2,1-3H3. The van der Waals surface area contributed by atoms with Crippen LogP contribution in [0.5, 0.6) is 17.2 Å². The number of anilines is 1. The van der Waals surface area contributed by atoms with Crippen molar-refractivity contribution in [2.75, 3.05) is 25.6 Å². The van der Waals surface area contributed by atoms with Crippen LogP contribution >= 0.6 is 0 Å². The lowest BCUT2D eigenvalue weighted by Crippen LogP contribution is -2.11. The fraction of sp³-hybridized carbons (Fsp3) is 0.316. The molecule has 0 saturated carbocycles. The van der Waals surface area contributed by atoms with Crippen LogP contribution < -0.4 is 19.9 Å². The zero-order valence-electron chi connectivity index (χ0n) is 14.3. The minimum absolute atomic E-state index is 0.233. The molecule has 5 nitrogen and oxygen atoms in total. The van der Waals surface area contributed by atoms with Gasteiger partial charge in [-0.2, -0.15) is 0 Å². The van der Waals surface area contributed by atoms with Gasteiger partial charge in [-0.25, -0.2) is 0 Å². The van der Waals surface area contributed by atoms with Crippen molar-refractivity contribution in [1.82, 2.24) is 0 Å². The van der Waals surface area contributed by atoms with Crippen LogP contribution in [0, 0.1) is 0 Å². The van der Waals surface area contributed by atoms with E-state index in [1.165, 1.54) is 0 Å². The van der Waals surface area contributed by atoms with Gasteiger partial charge >= 0.3 is 0 Å². The molecule has 0 fully saturated rings. The van der Waals surface area contributed by atoms with E-state index >= 15 is 0 Å². The Morgan fingerprint density at radius 1 is 0.917 bits per heavy atom. The van der Waals surface area contributed by atoms with E-state index < -0.39 is 0 Å². The quantitative estimate of drug-likeness (QED) is 0.591. The molecule has 5 heteroatoms. The zero-order chi connectivity index (χ0) is 17.5. The van der Waals surface area contributed by atoms with Crippen molar-refractivity contribution in [3.63, 3.8) is 0 Å². The van der Waals surface area contributed by atoms with Gasteiger partial charge in [0.05, 0.1) is 19.8 Å². The third-order valence-corrected chi connectivity index (χ3v) is 3.38. The van der Waals surface area contributed by atoms with Crippen LogP contribution in [-0.4, -0.2) is 25.6 Å². The highest BCUT2D eigenvalue weighted by Gasteiger charge is 2.23. The van der Waals surface area contributed by atoms with Crippen LogP contribution in [0.15, 0.2) is 36.4 Å². The molecule has 0 heterocycles. The van der Waals surface area contributed by atoms with Gasteiger partial charge in [-0.05, 0) is 32.9 Å². The fourth-order valence-corrected chi connectivity index (χ4v) is 2.42. The topological polar surface area (TPSA) is 70.8 Å². The summed E-state index contributed by atoms with van der Waals surface area (Å²) in [7, 11) is 0. The lowest BCUT2D eigenvalue weighted by atomic mass is 9.99. The second-order valence-electron chi connectivity index (χ2n) is 5.01. The number of carbonyl (C=O) groups excluding carboxylic acids is 1. The number of nitrogens with two attached hydrogens (primary N) is 1.